The largest absolute Gasteiger partial charge is 0.291 e. The average Bonchev–Trinajstić information content (AvgIpc) is 2.53. The summed E-state index contributed by atoms with van der Waals surface area (Å²) < 4.78 is 12.3. The smallest absolute Gasteiger partial charge is 0.127 e. The molecule has 0 aliphatic heterocycles. The Labute approximate surface area is 152 Å². The Kier molecular flexibility index (Phi) is 6.05. The van der Waals surface area contributed by atoms with Crippen LogP contribution in [-0.4, -0.2) is 14.0 Å². The summed E-state index contributed by atoms with van der Waals surface area (Å²) >= 11 is 1.62. The average molecular weight is 360 g/mol. The second-order valence-electron chi connectivity index (χ2n) is 7.04. The van der Waals surface area contributed by atoms with Crippen LogP contribution in [0.15, 0.2) is 58.3 Å². The van der Waals surface area contributed by atoms with Gasteiger partial charge in [0.25, 0.3) is 0 Å². The Morgan fingerprint density at radius 2 is 1.71 bits per heavy atom. The summed E-state index contributed by atoms with van der Waals surface area (Å²) in [7, 11) is -1.35. The summed E-state index contributed by atoms with van der Waals surface area (Å²) in [6, 6.07) is 16.3. The van der Waals surface area contributed by atoms with Gasteiger partial charge in [-0.2, -0.15) is 0 Å². The van der Waals surface area contributed by atoms with E-state index >= 15 is 0 Å². The lowest BCUT2D eigenvalue weighted by atomic mass is 10.0. The van der Waals surface area contributed by atoms with Gasteiger partial charge in [-0.15, -0.1) is 0 Å². The van der Waals surface area contributed by atoms with E-state index in [1.54, 1.807) is 11.8 Å². The third-order valence-corrected chi connectivity index (χ3v) is 6.41. The molecule has 1 unspecified atom stereocenters. The highest BCUT2D eigenvalue weighted by atomic mass is 32.2. The van der Waals surface area contributed by atoms with Crippen LogP contribution in [0.3, 0.4) is 0 Å². The molecule has 0 spiro atoms. The molecule has 128 valence electrons. The maximum atomic E-state index is 12.7. The van der Waals surface area contributed by atoms with E-state index < -0.39 is 15.5 Å². The van der Waals surface area contributed by atoms with Crippen LogP contribution in [0.1, 0.15) is 51.7 Å². The van der Waals surface area contributed by atoms with Gasteiger partial charge in [0.05, 0.1) is 10.8 Å². The lowest BCUT2D eigenvalue weighted by Crippen LogP contribution is -2.28. The second kappa shape index (κ2) is 7.66. The first-order chi connectivity index (χ1) is 11.2. The third-order valence-electron chi connectivity index (χ3n) is 3.63. The van der Waals surface area contributed by atoms with E-state index in [0.717, 1.165) is 20.9 Å². The monoisotopic (exact) mass is 359 g/mol. The summed E-state index contributed by atoms with van der Waals surface area (Å²) in [6.45, 7) is 10.00. The lowest BCUT2D eigenvalue weighted by molar-refractivity contribution is 0.658. The summed E-state index contributed by atoms with van der Waals surface area (Å²) in [6.07, 6.45) is 0. The second-order valence-corrected chi connectivity index (χ2v) is 10.3. The number of benzene rings is 2. The first-order valence-electron chi connectivity index (χ1n) is 8.08. The molecule has 1 atom stereocenters. The van der Waals surface area contributed by atoms with Crippen molar-refractivity contribution in [3.8, 4) is 0 Å². The van der Waals surface area contributed by atoms with Crippen LogP contribution in [-0.2, 0) is 10.8 Å². The molecule has 2 aromatic carbocycles. The molecule has 4 heteroatoms. The van der Waals surface area contributed by atoms with E-state index in [0.29, 0.717) is 5.92 Å². The molecule has 24 heavy (non-hydrogen) atoms. The summed E-state index contributed by atoms with van der Waals surface area (Å²) in [5.41, 5.74) is 1.95. The molecular weight excluding hydrogens is 334 g/mol. The fourth-order valence-electron chi connectivity index (χ4n) is 2.19. The first kappa shape index (κ1) is 18.9. The summed E-state index contributed by atoms with van der Waals surface area (Å²) in [5.74, 6) is 0.371. The van der Waals surface area contributed by atoms with E-state index in [1.165, 1.54) is 0 Å². The van der Waals surface area contributed by atoms with Crippen LogP contribution in [0.2, 0.25) is 0 Å². The molecule has 0 bridgehead atoms. The SMILES string of the molecule is CC(C)c1ccc(Sc2ccccc2)c(C(=N)S(=O)C(C)(C)C)c1. The van der Waals surface area contributed by atoms with Crippen molar-refractivity contribution in [2.45, 2.75) is 55.1 Å². The van der Waals surface area contributed by atoms with Gasteiger partial charge in [0.2, 0.25) is 0 Å². The van der Waals surface area contributed by atoms with Crippen molar-refractivity contribution in [2.24, 2.45) is 0 Å². The molecule has 0 saturated carbocycles. The molecule has 0 saturated heterocycles. The zero-order chi connectivity index (χ0) is 17.9. The lowest BCUT2D eigenvalue weighted by Gasteiger charge is -2.20. The predicted octanol–water partition coefficient (Wildman–Crippen LogP) is 5.83. The van der Waals surface area contributed by atoms with Crippen LogP contribution < -0.4 is 0 Å². The van der Waals surface area contributed by atoms with E-state index in [4.69, 9.17) is 5.41 Å². The van der Waals surface area contributed by atoms with E-state index in [1.807, 2.05) is 45.0 Å². The number of rotatable bonds is 4. The fourth-order valence-corrected chi connectivity index (χ4v) is 4.19. The maximum Gasteiger partial charge on any atom is 0.127 e. The van der Waals surface area contributed by atoms with Gasteiger partial charge in [0.15, 0.2) is 0 Å². The van der Waals surface area contributed by atoms with Crippen LogP contribution >= 0.6 is 11.8 Å². The van der Waals surface area contributed by atoms with Crippen molar-refractivity contribution < 1.29 is 4.21 Å². The van der Waals surface area contributed by atoms with Crippen LogP contribution in [0.4, 0.5) is 0 Å². The Morgan fingerprint density at radius 1 is 1.08 bits per heavy atom. The zero-order valence-electron chi connectivity index (χ0n) is 14.9. The zero-order valence-corrected chi connectivity index (χ0v) is 16.6. The molecule has 1 N–H and O–H groups in total. The minimum absolute atomic E-state index is 0.212. The van der Waals surface area contributed by atoms with Crippen molar-refractivity contribution in [3.05, 3.63) is 59.7 Å². The van der Waals surface area contributed by atoms with Crippen molar-refractivity contribution in [1.29, 1.82) is 5.41 Å². The molecule has 0 aliphatic carbocycles. The molecular formula is C20H25NOS2. The van der Waals surface area contributed by atoms with Crippen molar-refractivity contribution in [3.63, 3.8) is 0 Å². The highest BCUT2D eigenvalue weighted by Gasteiger charge is 2.26. The van der Waals surface area contributed by atoms with E-state index in [9.17, 15) is 4.21 Å². The predicted molar refractivity (Wildman–Crippen MR) is 106 cm³/mol. The molecule has 2 nitrogen and oxygen atoms in total. The quantitative estimate of drug-likeness (QED) is 0.551. The van der Waals surface area contributed by atoms with E-state index in [-0.39, 0.29) is 5.04 Å². The van der Waals surface area contributed by atoms with Crippen molar-refractivity contribution >= 4 is 27.6 Å². The van der Waals surface area contributed by atoms with Crippen molar-refractivity contribution in [2.75, 3.05) is 0 Å². The van der Waals surface area contributed by atoms with Gasteiger partial charge in [0, 0.05) is 20.1 Å². The van der Waals surface area contributed by atoms with Gasteiger partial charge in [-0.05, 0) is 56.5 Å². The van der Waals surface area contributed by atoms with Crippen molar-refractivity contribution in [1.82, 2.24) is 0 Å². The first-order valence-corrected chi connectivity index (χ1v) is 10.0. The standard InChI is InChI=1S/C20H25NOS2/c1-14(2)15-11-12-18(23-16-9-7-6-8-10-16)17(13-15)19(21)24(22)20(3,4)5/h6-14,21H,1-5H3. The van der Waals surface area contributed by atoms with Crippen LogP contribution in [0.5, 0.6) is 0 Å². The summed E-state index contributed by atoms with van der Waals surface area (Å²) in [4.78, 5) is 2.10. The molecule has 0 fully saturated rings. The molecule has 0 aromatic heterocycles. The fraction of sp³-hybridized carbons (Fsp3) is 0.350. The topological polar surface area (TPSA) is 40.9 Å². The van der Waals surface area contributed by atoms with Gasteiger partial charge in [-0.3, -0.25) is 9.62 Å². The normalized spacial score (nSPS) is 13.1. The molecule has 2 rings (SSSR count). The van der Waals surface area contributed by atoms with Crippen LogP contribution in [0, 0.1) is 5.41 Å². The Hall–Kier alpha value is -1.39. The molecule has 0 aliphatic rings. The number of hydrogen-bond donors (Lipinski definition) is 1. The Bertz CT molecular complexity index is 746. The maximum absolute atomic E-state index is 12.7. The minimum Gasteiger partial charge on any atom is -0.291 e. The highest BCUT2D eigenvalue weighted by molar-refractivity contribution is 8.02. The third kappa shape index (κ3) is 4.58. The number of nitrogens with one attached hydrogen (secondary N) is 1. The van der Waals surface area contributed by atoms with Crippen LogP contribution in [0.25, 0.3) is 0 Å². The summed E-state index contributed by atoms with van der Waals surface area (Å²) in [5, 5.41) is 8.73. The molecule has 0 radical (unpaired) electrons. The minimum atomic E-state index is -1.35. The number of hydrogen-bond acceptors (Lipinski definition) is 3. The van der Waals surface area contributed by atoms with E-state index in [2.05, 4.69) is 38.1 Å². The van der Waals surface area contributed by atoms with Gasteiger partial charge in [-0.25, -0.2) is 0 Å². The Balaban J connectivity index is 2.47. The Morgan fingerprint density at radius 3 is 2.25 bits per heavy atom. The molecule has 2 aromatic rings. The van der Waals surface area contributed by atoms with Gasteiger partial charge in [-0.1, -0.05) is 49.9 Å². The van der Waals surface area contributed by atoms with Gasteiger partial charge >= 0.3 is 0 Å². The highest BCUT2D eigenvalue weighted by Crippen LogP contribution is 2.33. The molecule has 0 amide bonds. The molecule has 0 heterocycles. The van der Waals surface area contributed by atoms with Gasteiger partial charge < -0.3 is 0 Å². The van der Waals surface area contributed by atoms with Gasteiger partial charge in [0.1, 0.15) is 5.04 Å².